The van der Waals surface area contributed by atoms with Crippen LogP contribution in [0.25, 0.3) is 76.1 Å². The molecule has 0 bridgehead atoms. The summed E-state index contributed by atoms with van der Waals surface area (Å²) in [7, 11) is 0. The van der Waals surface area contributed by atoms with Crippen LogP contribution in [-0.4, -0.2) is 0 Å². The summed E-state index contributed by atoms with van der Waals surface area (Å²) < 4.78 is 0. The maximum absolute atomic E-state index is 2.51. The fourth-order valence-corrected chi connectivity index (χ4v) is 12.3. The van der Waals surface area contributed by atoms with Crippen molar-refractivity contribution in [3.8, 4) is 22.3 Å². The number of fused-ring (bicyclic) bond motifs is 6. The Morgan fingerprint density at radius 1 is 0.235 bits per heavy atom. The Morgan fingerprint density at radius 3 is 1.01 bits per heavy atom. The molecule has 0 unspecified atom stereocenters. The van der Waals surface area contributed by atoms with Crippen LogP contribution in [0, 0.1) is 0 Å². The van der Waals surface area contributed by atoms with Crippen LogP contribution in [0.2, 0.25) is 0 Å². The van der Waals surface area contributed by atoms with Gasteiger partial charge in [-0.15, -0.1) is 0 Å². The van der Waals surface area contributed by atoms with E-state index in [2.05, 4.69) is 256 Å². The lowest BCUT2D eigenvalue weighted by Gasteiger charge is -2.39. The summed E-state index contributed by atoms with van der Waals surface area (Å²) in [4.78, 5) is 4.83. The van der Waals surface area contributed by atoms with Crippen LogP contribution in [0.1, 0.15) is 49.9 Å². The summed E-state index contributed by atoms with van der Waals surface area (Å²) in [6.07, 6.45) is 0. The summed E-state index contributed by atoms with van der Waals surface area (Å²) >= 11 is 0. The van der Waals surface area contributed by atoms with Crippen LogP contribution in [0.5, 0.6) is 0 Å². The third kappa shape index (κ3) is 5.52. The van der Waals surface area contributed by atoms with Crippen molar-refractivity contribution in [2.45, 2.75) is 38.5 Å². The Kier molecular flexibility index (Phi) is 8.12. The van der Waals surface area contributed by atoms with Gasteiger partial charge < -0.3 is 9.80 Å². The number of hydrogen-bond acceptors (Lipinski definition) is 2. The zero-order chi connectivity index (χ0) is 45.5. The van der Waals surface area contributed by atoms with Crippen molar-refractivity contribution in [1.82, 2.24) is 0 Å². The molecular weight excluding hydrogens is 821 g/mol. The Hall–Kier alpha value is -8.20. The van der Waals surface area contributed by atoms with Crippen LogP contribution >= 0.6 is 0 Å². The third-order valence-electron chi connectivity index (χ3n) is 15.7. The maximum Gasteiger partial charge on any atom is 0.0468 e. The van der Waals surface area contributed by atoms with Gasteiger partial charge in [-0.3, -0.25) is 0 Å². The van der Waals surface area contributed by atoms with Crippen LogP contribution in [0.3, 0.4) is 0 Å². The number of benzene rings is 12. The highest BCUT2D eigenvalue weighted by atomic mass is 15.1. The van der Waals surface area contributed by atoms with Crippen LogP contribution in [0.4, 0.5) is 34.1 Å². The molecule has 2 nitrogen and oxygen atoms in total. The van der Waals surface area contributed by atoms with Gasteiger partial charge in [0.25, 0.3) is 0 Å². The van der Waals surface area contributed by atoms with E-state index in [1.807, 2.05) is 0 Å². The molecule has 0 heterocycles. The van der Waals surface area contributed by atoms with Gasteiger partial charge >= 0.3 is 0 Å². The molecule has 2 heteroatoms. The lowest BCUT2D eigenvalue weighted by Crippen LogP contribution is -2.25. The zero-order valence-corrected chi connectivity index (χ0v) is 38.7. The predicted molar refractivity (Wildman–Crippen MR) is 290 cm³/mol. The summed E-state index contributed by atoms with van der Waals surface area (Å²) in [5.41, 5.74) is 17.1. The maximum atomic E-state index is 2.51. The minimum Gasteiger partial charge on any atom is -0.310 e. The van der Waals surface area contributed by atoms with Crippen molar-refractivity contribution in [2.24, 2.45) is 0 Å². The molecule has 0 saturated carbocycles. The van der Waals surface area contributed by atoms with Gasteiger partial charge in [-0.1, -0.05) is 161 Å². The fraction of sp³-hybridized carbons (Fsp3) is 0.0909. The summed E-state index contributed by atoms with van der Waals surface area (Å²) in [6.45, 7) is 9.73. The first kappa shape index (κ1) is 39.0. The monoisotopic (exact) mass is 868 g/mol. The zero-order valence-electron chi connectivity index (χ0n) is 38.7. The SMILES string of the molecule is CC1(C)c2cc(N(c3ccccc3)c3ccc4ccccc4c3)ccc2-c2cc3ccc4c5c(cc6ccc1c2c6c35)-c1ccc(N(c2ccccc2)c2ccc3ccccc3c2)cc1C4(C)C. The molecule has 2 aliphatic rings. The van der Waals surface area contributed by atoms with E-state index in [0.29, 0.717) is 0 Å². The molecule has 0 saturated heterocycles. The second-order valence-corrected chi connectivity index (χ2v) is 20.1. The summed E-state index contributed by atoms with van der Waals surface area (Å²) in [5, 5.41) is 13.1. The largest absolute Gasteiger partial charge is 0.310 e. The lowest BCUT2D eigenvalue weighted by atomic mass is 9.65. The molecule has 12 aromatic rings. The Labute approximate surface area is 397 Å². The average molecular weight is 869 g/mol. The Morgan fingerprint density at radius 2 is 0.588 bits per heavy atom. The van der Waals surface area contributed by atoms with E-state index in [4.69, 9.17) is 0 Å². The van der Waals surface area contributed by atoms with Crippen molar-refractivity contribution < 1.29 is 0 Å². The van der Waals surface area contributed by atoms with Gasteiger partial charge in [-0.25, -0.2) is 0 Å². The topological polar surface area (TPSA) is 6.48 Å². The van der Waals surface area contributed by atoms with Crippen molar-refractivity contribution in [2.75, 3.05) is 9.80 Å². The highest BCUT2D eigenvalue weighted by molar-refractivity contribution is 6.31. The molecule has 0 N–H and O–H groups in total. The number of nitrogens with zero attached hydrogens (tertiary/aromatic N) is 2. The molecule has 322 valence electrons. The van der Waals surface area contributed by atoms with E-state index in [1.165, 1.54) is 98.4 Å². The average Bonchev–Trinajstić information content (AvgIpc) is 3.37. The third-order valence-corrected chi connectivity index (χ3v) is 15.7. The van der Waals surface area contributed by atoms with E-state index in [0.717, 1.165) is 34.1 Å². The van der Waals surface area contributed by atoms with Crippen molar-refractivity contribution in [3.05, 3.63) is 241 Å². The molecule has 14 rings (SSSR count). The van der Waals surface area contributed by atoms with E-state index < -0.39 is 0 Å². The van der Waals surface area contributed by atoms with Crippen LogP contribution < -0.4 is 9.80 Å². The minimum absolute atomic E-state index is 0.257. The number of anilines is 6. The van der Waals surface area contributed by atoms with Crippen molar-refractivity contribution in [3.63, 3.8) is 0 Å². The normalized spacial score (nSPS) is 14.1. The molecule has 0 spiro atoms. The van der Waals surface area contributed by atoms with Gasteiger partial charge in [0.2, 0.25) is 0 Å². The first-order valence-electron chi connectivity index (χ1n) is 24.0. The van der Waals surface area contributed by atoms with Crippen molar-refractivity contribution in [1.29, 1.82) is 0 Å². The first-order valence-corrected chi connectivity index (χ1v) is 24.0. The van der Waals surface area contributed by atoms with Gasteiger partial charge in [0.15, 0.2) is 0 Å². The van der Waals surface area contributed by atoms with Gasteiger partial charge in [0.05, 0.1) is 0 Å². The quantitative estimate of drug-likeness (QED) is 0.154. The van der Waals surface area contributed by atoms with E-state index >= 15 is 0 Å². The van der Waals surface area contributed by atoms with Crippen molar-refractivity contribution >= 4 is 88.0 Å². The Bertz CT molecular complexity index is 3770. The summed E-state index contributed by atoms with van der Waals surface area (Å²) in [5.74, 6) is 0. The molecule has 12 aromatic carbocycles. The highest BCUT2D eigenvalue weighted by Crippen LogP contribution is 2.58. The molecule has 0 fully saturated rings. The van der Waals surface area contributed by atoms with Gasteiger partial charge in [-0.2, -0.15) is 0 Å². The van der Waals surface area contributed by atoms with E-state index in [1.54, 1.807) is 0 Å². The second kappa shape index (κ2) is 14.2. The Balaban J connectivity index is 0.945. The minimum atomic E-state index is -0.257. The number of hydrogen-bond donors (Lipinski definition) is 0. The lowest BCUT2D eigenvalue weighted by molar-refractivity contribution is 0.644. The van der Waals surface area contributed by atoms with Gasteiger partial charge in [0, 0.05) is 45.0 Å². The second-order valence-electron chi connectivity index (χ2n) is 20.1. The number of rotatable bonds is 6. The molecule has 0 radical (unpaired) electrons. The van der Waals surface area contributed by atoms with E-state index in [-0.39, 0.29) is 10.8 Å². The highest BCUT2D eigenvalue weighted by Gasteiger charge is 2.39. The fourth-order valence-electron chi connectivity index (χ4n) is 12.3. The standard InChI is InChI=1S/C66H48N2/c1-65(2)57-33-25-45-38-56-54-32-30-52(68(48-21-9-6-10-22-48)50-28-24-42-16-12-14-18-44(42)36-50)40-60(54)66(3,4)58-34-26-46-37-55(63(57)61(45)62(46)64(56)58)53-31-29-51(39-59(53)65)67(47-19-7-5-8-20-47)49-27-23-41-15-11-13-17-43(41)35-49/h5-40H,1-4H3. The number of para-hydroxylation sites is 2. The predicted octanol–water partition coefficient (Wildman–Crippen LogP) is 18.4. The molecule has 68 heavy (non-hydrogen) atoms. The molecule has 0 aromatic heterocycles. The molecule has 2 aliphatic carbocycles. The molecule has 0 atom stereocenters. The van der Waals surface area contributed by atoms with Crippen LogP contribution in [0.15, 0.2) is 218 Å². The van der Waals surface area contributed by atoms with Crippen LogP contribution in [-0.2, 0) is 10.8 Å². The molecular formula is C66H48N2. The smallest absolute Gasteiger partial charge is 0.0468 e. The molecule has 0 aliphatic heterocycles. The van der Waals surface area contributed by atoms with E-state index in [9.17, 15) is 0 Å². The molecule has 0 amide bonds. The first-order chi connectivity index (χ1) is 33.2. The van der Waals surface area contributed by atoms with Gasteiger partial charge in [0.1, 0.15) is 0 Å². The van der Waals surface area contributed by atoms with Gasteiger partial charge in [-0.05, 0) is 183 Å². The summed E-state index contributed by atoms with van der Waals surface area (Å²) in [6, 6.07) is 81.7.